The Morgan fingerprint density at radius 3 is 2.44 bits per heavy atom. The lowest BCUT2D eigenvalue weighted by molar-refractivity contribution is 0.340. The summed E-state index contributed by atoms with van der Waals surface area (Å²) in [6, 6.07) is 9.76. The molecule has 1 unspecified atom stereocenters. The van der Waals surface area contributed by atoms with Crippen LogP contribution < -0.4 is 11.1 Å². The topological polar surface area (TPSA) is 38.0 Å². The maximum absolute atomic E-state index is 5.92. The molecule has 1 aliphatic carbocycles. The first-order chi connectivity index (χ1) is 8.83. The van der Waals surface area contributed by atoms with E-state index >= 15 is 0 Å². The molecule has 2 rings (SSSR count). The standard InChI is InChI=1S/C15H24N2S/c1-18-14-9-7-12(8-10-14)15(11-16)17-13-5-3-2-4-6-13/h7-10,13,15,17H,2-6,11,16H2,1H3. The first-order valence-electron chi connectivity index (χ1n) is 6.93. The molecule has 1 aromatic carbocycles. The van der Waals surface area contributed by atoms with Crippen LogP contribution in [0.4, 0.5) is 0 Å². The van der Waals surface area contributed by atoms with Crippen molar-refractivity contribution in [3.8, 4) is 0 Å². The van der Waals surface area contributed by atoms with Crippen molar-refractivity contribution in [2.75, 3.05) is 12.8 Å². The van der Waals surface area contributed by atoms with Gasteiger partial charge in [-0.3, -0.25) is 0 Å². The molecule has 0 spiro atoms. The highest BCUT2D eigenvalue weighted by Gasteiger charge is 2.18. The van der Waals surface area contributed by atoms with E-state index in [-0.39, 0.29) is 0 Å². The Morgan fingerprint density at radius 2 is 1.89 bits per heavy atom. The van der Waals surface area contributed by atoms with E-state index in [4.69, 9.17) is 5.73 Å². The van der Waals surface area contributed by atoms with Crippen molar-refractivity contribution in [2.45, 2.75) is 49.1 Å². The van der Waals surface area contributed by atoms with E-state index < -0.39 is 0 Å². The average molecular weight is 264 g/mol. The summed E-state index contributed by atoms with van der Waals surface area (Å²) in [5, 5.41) is 3.73. The monoisotopic (exact) mass is 264 g/mol. The molecule has 1 aliphatic rings. The van der Waals surface area contributed by atoms with E-state index in [0.29, 0.717) is 18.6 Å². The van der Waals surface area contributed by atoms with Crippen LogP contribution in [-0.2, 0) is 0 Å². The van der Waals surface area contributed by atoms with E-state index in [0.717, 1.165) is 0 Å². The Bertz CT molecular complexity index is 344. The molecule has 1 fully saturated rings. The largest absolute Gasteiger partial charge is 0.329 e. The summed E-state index contributed by atoms with van der Waals surface area (Å²) in [5.41, 5.74) is 7.25. The molecule has 2 nitrogen and oxygen atoms in total. The first-order valence-corrected chi connectivity index (χ1v) is 8.16. The highest BCUT2D eigenvalue weighted by Crippen LogP contribution is 2.23. The number of rotatable bonds is 5. The Hall–Kier alpha value is -0.510. The minimum absolute atomic E-state index is 0.309. The van der Waals surface area contributed by atoms with Crippen molar-refractivity contribution in [1.29, 1.82) is 0 Å². The third-order valence-corrected chi connectivity index (χ3v) is 4.54. The fraction of sp³-hybridized carbons (Fsp3) is 0.600. The Labute approximate surface area is 115 Å². The molecule has 0 radical (unpaired) electrons. The predicted molar refractivity (Wildman–Crippen MR) is 80.0 cm³/mol. The first kappa shape index (κ1) is 13.9. The fourth-order valence-corrected chi connectivity index (χ4v) is 3.10. The summed E-state index contributed by atoms with van der Waals surface area (Å²) in [6.07, 6.45) is 8.84. The van der Waals surface area contributed by atoms with Gasteiger partial charge in [-0.15, -0.1) is 11.8 Å². The molecule has 3 heteroatoms. The Kier molecular flexibility index (Phi) is 5.54. The third-order valence-electron chi connectivity index (χ3n) is 3.80. The van der Waals surface area contributed by atoms with Gasteiger partial charge in [-0.05, 0) is 36.8 Å². The lowest BCUT2D eigenvalue weighted by Gasteiger charge is -2.28. The quantitative estimate of drug-likeness (QED) is 0.801. The van der Waals surface area contributed by atoms with Crippen LogP contribution in [0.25, 0.3) is 0 Å². The highest BCUT2D eigenvalue weighted by atomic mass is 32.2. The highest BCUT2D eigenvalue weighted by molar-refractivity contribution is 7.98. The number of thioether (sulfide) groups is 1. The molecule has 0 amide bonds. The molecule has 0 aromatic heterocycles. The van der Waals surface area contributed by atoms with Gasteiger partial charge in [0.05, 0.1) is 0 Å². The summed E-state index contributed by atoms with van der Waals surface area (Å²) in [7, 11) is 0. The van der Waals surface area contributed by atoms with Gasteiger partial charge >= 0.3 is 0 Å². The molecule has 18 heavy (non-hydrogen) atoms. The number of hydrogen-bond acceptors (Lipinski definition) is 3. The van der Waals surface area contributed by atoms with Gasteiger partial charge in [-0.1, -0.05) is 31.4 Å². The van der Waals surface area contributed by atoms with Gasteiger partial charge in [-0.2, -0.15) is 0 Å². The SMILES string of the molecule is CSc1ccc(C(CN)NC2CCCCC2)cc1. The number of nitrogens with one attached hydrogen (secondary N) is 1. The molecule has 0 heterocycles. The lowest BCUT2D eigenvalue weighted by atomic mass is 9.94. The molecule has 0 saturated heterocycles. The Morgan fingerprint density at radius 1 is 1.22 bits per heavy atom. The second-order valence-corrected chi connectivity index (χ2v) is 5.94. The van der Waals surface area contributed by atoms with Gasteiger partial charge < -0.3 is 11.1 Å². The van der Waals surface area contributed by atoms with Crippen LogP contribution in [0.5, 0.6) is 0 Å². The molecule has 0 aliphatic heterocycles. The van der Waals surface area contributed by atoms with Crippen molar-refractivity contribution in [3.63, 3.8) is 0 Å². The van der Waals surface area contributed by atoms with E-state index in [1.54, 1.807) is 11.8 Å². The Balaban J connectivity index is 1.97. The molecule has 1 atom stereocenters. The second-order valence-electron chi connectivity index (χ2n) is 5.06. The number of benzene rings is 1. The van der Waals surface area contributed by atoms with Gasteiger partial charge in [0.2, 0.25) is 0 Å². The van der Waals surface area contributed by atoms with Crippen molar-refractivity contribution >= 4 is 11.8 Å². The van der Waals surface area contributed by atoms with Crippen LogP contribution in [-0.4, -0.2) is 18.8 Å². The van der Waals surface area contributed by atoms with Crippen LogP contribution in [0, 0.1) is 0 Å². The second kappa shape index (κ2) is 7.17. The molecule has 100 valence electrons. The van der Waals surface area contributed by atoms with E-state index in [1.807, 2.05) is 0 Å². The normalized spacial score (nSPS) is 18.8. The molecule has 1 aromatic rings. The van der Waals surface area contributed by atoms with Crippen LogP contribution in [0.1, 0.15) is 43.7 Å². The zero-order valence-electron chi connectivity index (χ0n) is 11.2. The summed E-state index contributed by atoms with van der Waals surface area (Å²) < 4.78 is 0. The van der Waals surface area contributed by atoms with Crippen LogP contribution in [0.3, 0.4) is 0 Å². The minimum Gasteiger partial charge on any atom is -0.329 e. The maximum atomic E-state index is 5.92. The molecular weight excluding hydrogens is 240 g/mol. The zero-order chi connectivity index (χ0) is 12.8. The number of nitrogens with two attached hydrogens (primary N) is 1. The number of hydrogen-bond donors (Lipinski definition) is 2. The van der Waals surface area contributed by atoms with E-state index in [1.165, 1.54) is 42.6 Å². The fourth-order valence-electron chi connectivity index (χ4n) is 2.69. The van der Waals surface area contributed by atoms with E-state index in [9.17, 15) is 0 Å². The van der Waals surface area contributed by atoms with Crippen molar-refractivity contribution in [3.05, 3.63) is 29.8 Å². The average Bonchev–Trinajstić information content (AvgIpc) is 2.46. The van der Waals surface area contributed by atoms with Gasteiger partial charge in [-0.25, -0.2) is 0 Å². The zero-order valence-corrected chi connectivity index (χ0v) is 12.0. The molecule has 3 N–H and O–H groups in total. The molecular formula is C15H24N2S. The van der Waals surface area contributed by atoms with Crippen LogP contribution >= 0.6 is 11.8 Å². The van der Waals surface area contributed by atoms with Gasteiger partial charge in [0.15, 0.2) is 0 Å². The lowest BCUT2D eigenvalue weighted by Crippen LogP contribution is -2.37. The predicted octanol–water partition coefficient (Wildman–Crippen LogP) is 3.33. The summed E-state index contributed by atoms with van der Waals surface area (Å²) in [5.74, 6) is 0. The van der Waals surface area contributed by atoms with Crippen molar-refractivity contribution in [2.24, 2.45) is 5.73 Å². The maximum Gasteiger partial charge on any atom is 0.0446 e. The third kappa shape index (κ3) is 3.74. The van der Waals surface area contributed by atoms with Crippen molar-refractivity contribution < 1.29 is 0 Å². The van der Waals surface area contributed by atoms with Crippen LogP contribution in [0.15, 0.2) is 29.2 Å². The smallest absolute Gasteiger partial charge is 0.0446 e. The van der Waals surface area contributed by atoms with Gasteiger partial charge in [0.1, 0.15) is 0 Å². The summed E-state index contributed by atoms with van der Waals surface area (Å²) in [6.45, 7) is 0.676. The molecule has 1 saturated carbocycles. The summed E-state index contributed by atoms with van der Waals surface area (Å²) >= 11 is 1.78. The summed E-state index contributed by atoms with van der Waals surface area (Å²) in [4.78, 5) is 1.31. The van der Waals surface area contributed by atoms with E-state index in [2.05, 4.69) is 35.8 Å². The minimum atomic E-state index is 0.309. The molecule has 0 bridgehead atoms. The van der Waals surface area contributed by atoms with Gasteiger partial charge in [0, 0.05) is 23.5 Å². The van der Waals surface area contributed by atoms with Crippen LogP contribution in [0.2, 0.25) is 0 Å². The van der Waals surface area contributed by atoms with Crippen molar-refractivity contribution in [1.82, 2.24) is 5.32 Å². The van der Waals surface area contributed by atoms with Gasteiger partial charge in [0.25, 0.3) is 0 Å².